The second-order valence-corrected chi connectivity index (χ2v) is 8.38. The zero-order chi connectivity index (χ0) is 23.9. The summed E-state index contributed by atoms with van der Waals surface area (Å²) in [5.41, 5.74) is 0. The summed E-state index contributed by atoms with van der Waals surface area (Å²) in [6.07, 6.45) is 10.8. The fourth-order valence-corrected chi connectivity index (χ4v) is 4.68. The van der Waals surface area contributed by atoms with E-state index in [1.165, 1.54) is 0 Å². The fraction of sp³-hybridized carbons (Fsp3) is 0.792. The lowest BCUT2D eigenvalue weighted by Crippen LogP contribution is -2.74. The van der Waals surface area contributed by atoms with Crippen LogP contribution in [0, 0.1) is 0 Å². The summed E-state index contributed by atoms with van der Waals surface area (Å²) in [6.45, 7) is 7.77. The van der Waals surface area contributed by atoms with E-state index in [1.54, 1.807) is 0 Å². The Hall–Kier alpha value is -1.89. The van der Waals surface area contributed by atoms with Gasteiger partial charge in [0.2, 0.25) is 0 Å². The quantitative estimate of drug-likeness (QED) is 0.179. The molecule has 0 fully saturated rings. The van der Waals surface area contributed by atoms with Crippen LogP contribution in [0.2, 0.25) is 0 Å². The van der Waals surface area contributed by atoms with Crippen molar-refractivity contribution in [1.29, 1.82) is 0 Å². The Bertz CT molecular complexity index is 515. The second kappa shape index (κ2) is 15.8. The smallest absolute Gasteiger partial charge is 0.362 e. The lowest BCUT2D eigenvalue weighted by atomic mass is 9.91. The number of carboxylic acids is 3. The highest BCUT2D eigenvalue weighted by molar-refractivity contribution is 5.77. The lowest BCUT2D eigenvalue weighted by molar-refractivity contribution is -0.974. The minimum atomic E-state index is -1.36. The summed E-state index contributed by atoms with van der Waals surface area (Å²) in [6, 6.07) is -3.40. The van der Waals surface area contributed by atoms with Gasteiger partial charge >= 0.3 is 11.9 Å². The van der Waals surface area contributed by atoms with Crippen LogP contribution in [0.25, 0.3) is 0 Å². The van der Waals surface area contributed by atoms with Crippen molar-refractivity contribution in [3.05, 3.63) is 12.2 Å². The maximum atomic E-state index is 12.4. The van der Waals surface area contributed by atoms with Gasteiger partial charge in [0, 0.05) is 25.7 Å². The zero-order valence-electron chi connectivity index (χ0n) is 19.8. The van der Waals surface area contributed by atoms with E-state index >= 15 is 0 Å². The number of quaternary nitrogens is 1. The summed E-state index contributed by atoms with van der Waals surface area (Å²) in [5, 5.41) is 32.5. The number of rotatable bonds is 19. The van der Waals surface area contributed by atoms with Gasteiger partial charge in [-0.1, -0.05) is 59.1 Å². The first-order chi connectivity index (χ1) is 14.7. The maximum Gasteiger partial charge on any atom is 0.362 e. The monoisotopic (exact) mass is 441 g/mol. The van der Waals surface area contributed by atoms with E-state index in [-0.39, 0.29) is 25.8 Å². The average molecular weight is 442 g/mol. The van der Waals surface area contributed by atoms with E-state index in [0.29, 0.717) is 25.7 Å². The molecule has 2 N–H and O–H groups in total. The lowest BCUT2D eigenvalue weighted by Gasteiger charge is -2.52. The van der Waals surface area contributed by atoms with Gasteiger partial charge in [-0.3, -0.25) is 4.48 Å². The van der Waals surface area contributed by atoms with Crippen molar-refractivity contribution in [3.63, 3.8) is 0 Å². The van der Waals surface area contributed by atoms with Crippen LogP contribution in [0.3, 0.4) is 0 Å². The third kappa shape index (κ3) is 8.63. The third-order valence-electron chi connectivity index (χ3n) is 6.09. The molecular formula is C24H43NO6. The summed E-state index contributed by atoms with van der Waals surface area (Å²) >= 11 is 0. The second-order valence-electron chi connectivity index (χ2n) is 8.38. The molecule has 0 rings (SSSR count). The van der Waals surface area contributed by atoms with Gasteiger partial charge in [0.05, 0.1) is 12.5 Å². The Balaban J connectivity index is 6.41. The van der Waals surface area contributed by atoms with Gasteiger partial charge in [0.15, 0.2) is 12.1 Å². The van der Waals surface area contributed by atoms with Gasteiger partial charge in [0.25, 0.3) is 0 Å². The molecule has 3 unspecified atom stereocenters. The molecule has 7 nitrogen and oxygen atoms in total. The molecule has 0 radical (unpaired) electrons. The predicted octanol–water partition coefficient (Wildman–Crippen LogP) is 3.76. The van der Waals surface area contributed by atoms with E-state index in [4.69, 9.17) is 0 Å². The molecule has 3 atom stereocenters. The van der Waals surface area contributed by atoms with Crippen LogP contribution in [-0.4, -0.2) is 57.3 Å². The standard InChI is InChI=1S/C24H43NO6/c1-5-9-10-11-12-13-14-18-25(19(15-6-2)22(26)27,20(16-7-3)23(28)29)21(17-8-4)24(30)31/h12-13,19-21H,5-11,14-18H2,1-4H3,(H2-,26,27,28,29,30,31)/b13-12-. The molecule has 0 aromatic rings. The molecule has 0 amide bonds. The van der Waals surface area contributed by atoms with Gasteiger partial charge in [-0.25, -0.2) is 9.59 Å². The first-order valence-electron chi connectivity index (χ1n) is 11.9. The van der Waals surface area contributed by atoms with E-state index in [2.05, 4.69) is 6.92 Å². The highest BCUT2D eigenvalue weighted by Crippen LogP contribution is 2.33. The molecule has 7 heteroatoms. The van der Waals surface area contributed by atoms with E-state index < -0.39 is 40.5 Å². The van der Waals surface area contributed by atoms with Gasteiger partial charge < -0.3 is 20.1 Å². The number of allylic oxidation sites excluding steroid dienone is 1. The number of carbonyl (C=O) groups is 3. The van der Waals surface area contributed by atoms with Crippen molar-refractivity contribution in [2.24, 2.45) is 0 Å². The van der Waals surface area contributed by atoms with E-state index in [0.717, 1.165) is 25.7 Å². The van der Waals surface area contributed by atoms with Crippen LogP contribution < -0.4 is 5.11 Å². The first-order valence-corrected chi connectivity index (χ1v) is 11.9. The van der Waals surface area contributed by atoms with Gasteiger partial charge in [-0.2, -0.15) is 0 Å². The van der Waals surface area contributed by atoms with Gasteiger partial charge in [0.1, 0.15) is 6.04 Å². The molecule has 31 heavy (non-hydrogen) atoms. The maximum absolute atomic E-state index is 12.4. The summed E-state index contributed by atoms with van der Waals surface area (Å²) in [4.78, 5) is 37.0. The van der Waals surface area contributed by atoms with E-state index in [9.17, 15) is 29.7 Å². The Morgan fingerprint density at radius 1 is 0.742 bits per heavy atom. The number of carboxylic acid groups (broad SMARTS) is 3. The van der Waals surface area contributed by atoms with Crippen LogP contribution in [-0.2, 0) is 14.4 Å². The minimum Gasteiger partial charge on any atom is -0.544 e. The summed E-state index contributed by atoms with van der Waals surface area (Å²) in [5.74, 6) is -3.64. The molecular weight excluding hydrogens is 398 g/mol. The molecule has 0 aromatic carbocycles. The molecule has 0 saturated heterocycles. The number of hydrogen-bond acceptors (Lipinski definition) is 4. The summed E-state index contributed by atoms with van der Waals surface area (Å²) < 4.78 is -0.484. The zero-order valence-corrected chi connectivity index (χ0v) is 19.8. The predicted molar refractivity (Wildman–Crippen MR) is 119 cm³/mol. The number of hydrogen-bond donors (Lipinski definition) is 2. The molecule has 0 saturated carbocycles. The third-order valence-corrected chi connectivity index (χ3v) is 6.09. The molecule has 0 aromatic heterocycles. The van der Waals surface area contributed by atoms with Gasteiger partial charge in [-0.15, -0.1) is 0 Å². The largest absolute Gasteiger partial charge is 0.544 e. The number of nitrogens with zero attached hydrogens (tertiary/aromatic N) is 1. The molecule has 0 aliphatic rings. The molecule has 0 aliphatic carbocycles. The SMILES string of the molecule is CCCCC/C=C\CC[N+](C(CCC)C(=O)[O-])(C(CCC)C(=O)O)C(CCC)C(=O)O. The minimum absolute atomic E-state index is 0.150. The van der Waals surface area contributed by atoms with Gasteiger partial charge in [-0.05, 0) is 25.7 Å². The number of unbranched alkanes of at least 4 members (excludes halogenated alkanes) is 3. The normalized spacial score (nSPS) is 16.5. The summed E-state index contributed by atoms with van der Waals surface area (Å²) in [7, 11) is 0. The van der Waals surface area contributed by atoms with Crippen LogP contribution >= 0.6 is 0 Å². The van der Waals surface area contributed by atoms with Crippen molar-refractivity contribution in [1.82, 2.24) is 0 Å². The molecule has 0 heterocycles. The number of carbonyl (C=O) groups excluding carboxylic acids is 1. The van der Waals surface area contributed by atoms with Crippen LogP contribution in [0.1, 0.15) is 98.3 Å². The fourth-order valence-electron chi connectivity index (χ4n) is 4.68. The van der Waals surface area contributed by atoms with Crippen LogP contribution in [0.5, 0.6) is 0 Å². The Morgan fingerprint density at radius 2 is 1.19 bits per heavy atom. The van der Waals surface area contributed by atoms with Crippen molar-refractivity contribution in [2.75, 3.05) is 6.54 Å². The Labute approximate surface area is 187 Å². The molecule has 0 spiro atoms. The average Bonchev–Trinajstić information content (AvgIpc) is 2.71. The molecule has 0 aliphatic heterocycles. The van der Waals surface area contributed by atoms with Crippen LogP contribution in [0.4, 0.5) is 0 Å². The Kier molecular flexibility index (Phi) is 14.9. The van der Waals surface area contributed by atoms with Crippen molar-refractivity contribution in [2.45, 2.75) is 116 Å². The van der Waals surface area contributed by atoms with E-state index in [1.807, 2.05) is 32.9 Å². The Morgan fingerprint density at radius 3 is 1.58 bits per heavy atom. The van der Waals surface area contributed by atoms with Crippen LogP contribution in [0.15, 0.2) is 12.2 Å². The first kappa shape index (κ1) is 29.1. The molecule has 180 valence electrons. The molecule has 0 bridgehead atoms. The van der Waals surface area contributed by atoms with Crippen molar-refractivity contribution >= 4 is 17.9 Å². The highest BCUT2D eigenvalue weighted by atomic mass is 16.4. The van der Waals surface area contributed by atoms with Crippen molar-refractivity contribution in [3.8, 4) is 0 Å². The van der Waals surface area contributed by atoms with Crippen molar-refractivity contribution < 1.29 is 34.2 Å². The topological polar surface area (TPSA) is 115 Å². The number of aliphatic carboxylic acids is 3. The highest BCUT2D eigenvalue weighted by Gasteiger charge is 2.54.